The molecule has 1 aliphatic heterocycles. The average Bonchev–Trinajstić information content (AvgIpc) is 3.88. The summed E-state index contributed by atoms with van der Waals surface area (Å²) in [5.41, 5.74) is 4.77. The van der Waals surface area contributed by atoms with Crippen LogP contribution in [0.25, 0.3) is 22.0 Å². The van der Waals surface area contributed by atoms with E-state index in [1.54, 1.807) is 25.1 Å². The number of carbonyl (C=O) groups is 5. The van der Waals surface area contributed by atoms with Gasteiger partial charge in [0.25, 0.3) is 5.91 Å². The molecule has 1 saturated heterocycles. The number of hydrogen-bond acceptors (Lipinski definition) is 12. The number of nitrogens with zero attached hydrogens (tertiary/aromatic N) is 5. The van der Waals surface area contributed by atoms with Crippen molar-refractivity contribution in [3.05, 3.63) is 101 Å². The fourth-order valence-corrected chi connectivity index (χ4v) is 8.43. The van der Waals surface area contributed by atoms with Gasteiger partial charge in [-0.1, -0.05) is 62.4 Å². The number of carbonyl (C=O) groups excluding carboxylic acids is 5. The number of nitriles is 1. The summed E-state index contributed by atoms with van der Waals surface area (Å²) >= 11 is 0. The Balaban J connectivity index is 0.963. The number of aliphatic hydroxyl groups is 1. The van der Waals surface area contributed by atoms with Gasteiger partial charge in [0.1, 0.15) is 42.2 Å². The molecule has 0 unspecified atom stereocenters. The third kappa shape index (κ3) is 10.2. The molecule has 4 amide bonds. The molecule has 3 aromatic carbocycles. The largest absolute Gasteiger partial charge is 0.511 e. The maximum atomic E-state index is 13.6. The number of aromatic nitrogens is 2. The number of aliphatic hydroxyl groups excluding tert-OH is 1. The quantitative estimate of drug-likeness (QED) is 0.0884. The highest BCUT2D eigenvalue weighted by Gasteiger charge is 2.35. The Kier molecular flexibility index (Phi) is 13.4. The molecule has 326 valence electrons. The summed E-state index contributed by atoms with van der Waals surface area (Å²) in [6, 6.07) is 21.3. The summed E-state index contributed by atoms with van der Waals surface area (Å²) in [6.07, 6.45) is 2.68. The number of amides is 4. The lowest BCUT2D eigenvalue weighted by atomic mass is 9.76. The van der Waals surface area contributed by atoms with E-state index in [0.29, 0.717) is 42.5 Å². The molecule has 2 aliphatic carbocycles. The summed E-state index contributed by atoms with van der Waals surface area (Å²) in [5.74, 6) is -1.54. The van der Waals surface area contributed by atoms with Crippen molar-refractivity contribution in [1.82, 2.24) is 30.8 Å². The first-order chi connectivity index (χ1) is 30.3. The molecule has 0 bridgehead atoms. The third-order valence-electron chi connectivity index (χ3n) is 11.5. The Morgan fingerprint density at radius 1 is 1.02 bits per heavy atom. The topological polar surface area (TPSA) is 225 Å². The lowest BCUT2D eigenvalue weighted by Gasteiger charge is -2.29. The average molecular weight is 855 g/mol. The second kappa shape index (κ2) is 19.3. The van der Waals surface area contributed by atoms with Crippen LogP contribution in [-0.2, 0) is 19.1 Å². The fourth-order valence-electron chi connectivity index (χ4n) is 8.43. The molecule has 0 radical (unpaired) electrons. The highest BCUT2D eigenvalue weighted by molar-refractivity contribution is 6.22. The molecule has 7 rings (SSSR count). The number of nitrogens with one attached hydrogen (secondary N) is 3. The number of rotatable bonds is 15. The molecule has 1 fully saturated rings. The Bertz CT molecular complexity index is 2500. The van der Waals surface area contributed by atoms with Gasteiger partial charge in [0, 0.05) is 42.9 Å². The van der Waals surface area contributed by atoms with Crippen LogP contribution in [0.15, 0.2) is 89.4 Å². The smallest absolute Gasteiger partial charge is 0.407 e. The van der Waals surface area contributed by atoms with Crippen molar-refractivity contribution < 1.29 is 38.6 Å². The van der Waals surface area contributed by atoms with Crippen LogP contribution in [0.5, 0.6) is 5.75 Å². The first kappa shape index (κ1) is 43.9. The van der Waals surface area contributed by atoms with E-state index in [2.05, 4.69) is 37.0 Å². The molecular formula is C47H50N8O8. The third-order valence-corrected chi connectivity index (χ3v) is 11.5. The minimum Gasteiger partial charge on any atom is -0.511 e. The number of aliphatic imine (C=N–C) groups is 1. The van der Waals surface area contributed by atoms with Gasteiger partial charge < -0.3 is 35.4 Å². The van der Waals surface area contributed by atoms with Crippen LogP contribution < -0.4 is 20.7 Å². The van der Waals surface area contributed by atoms with Crippen LogP contribution in [0, 0.1) is 16.7 Å². The van der Waals surface area contributed by atoms with E-state index in [1.165, 1.54) is 11.2 Å². The zero-order chi connectivity index (χ0) is 44.7. The molecule has 16 nitrogen and oxygen atoms in total. The van der Waals surface area contributed by atoms with E-state index in [-0.39, 0.29) is 79.6 Å². The van der Waals surface area contributed by atoms with Gasteiger partial charge in [-0.3, -0.25) is 24.2 Å². The molecule has 1 aromatic heterocycles. The van der Waals surface area contributed by atoms with E-state index in [4.69, 9.17) is 9.47 Å². The fraction of sp³-hybridized carbons (Fsp3) is 0.383. The first-order valence-electron chi connectivity index (χ1n) is 21.0. The van der Waals surface area contributed by atoms with Crippen LogP contribution >= 0.6 is 0 Å². The number of alkyl carbamates (subject to hydrolysis) is 1. The number of Topliss-reactive ketones (excluding diaryl/α,β-unsaturated/α-hetero) is 1. The molecule has 0 spiro atoms. The minimum absolute atomic E-state index is 0.0358. The van der Waals surface area contributed by atoms with Crippen LogP contribution in [0.1, 0.15) is 80.4 Å². The summed E-state index contributed by atoms with van der Waals surface area (Å²) in [7, 11) is 0. The lowest BCUT2D eigenvalue weighted by Crippen LogP contribution is -2.49. The maximum absolute atomic E-state index is 13.6. The molecule has 0 saturated carbocycles. The van der Waals surface area contributed by atoms with E-state index in [9.17, 15) is 34.3 Å². The minimum atomic E-state index is -1.18. The van der Waals surface area contributed by atoms with Crippen molar-refractivity contribution in [3.8, 4) is 22.9 Å². The molecule has 3 aliphatic rings. The van der Waals surface area contributed by atoms with Crippen LogP contribution in [0.3, 0.4) is 0 Å². The molecule has 4 N–H and O–H groups in total. The molecule has 4 aromatic rings. The Hall–Kier alpha value is -7.15. The van der Waals surface area contributed by atoms with E-state index in [1.807, 2.05) is 62.4 Å². The van der Waals surface area contributed by atoms with E-state index >= 15 is 0 Å². The van der Waals surface area contributed by atoms with E-state index in [0.717, 1.165) is 28.7 Å². The van der Waals surface area contributed by atoms with E-state index < -0.39 is 35.4 Å². The number of hydrogen-bond donors (Lipinski definition) is 4. The molecule has 16 heteroatoms. The number of allylic oxidation sites excluding steroid dienone is 2. The van der Waals surface area contributed by atoms with Crippen LogP contribution in [-0.4, -0.2) is 107 Å². The predicted octanol–water partition coefficient (Wildman–Crippen LogP) is 5.33. The van der Waals surface area contributed by atoms with Crippen LogP contribution in [0.2, 0.25) is 0 Å². The van der Waals surface area contributed by atoms with Gasteiger partial charge in [-0.15, -0.1) is 0 Å². The summed E-state index contributed by atoms with van der Waals surface area (Å²) in [4.78, 5) is 80.2. The molecule has 2 atom stereocenters. The SMILES string of the molecule is CC(=NC[C@@H](NC(=O)OCC1c2ccccc2-c2ccccc21)C(=O)NCCCOc1ccc2ncnc(C(=O)NCC(=O)N3CCC[C@H]3C#N)c2c1)C1=C(O)CC(C)(C)CC1=O. The second-order valence-corrected chi connectivity index (χ2v) is 16.7. The van der Waals surface area contributed by atoms with Gasteiger partial charge in [0.05, 0.1) is 36.9 Å². The van der Waals surface area contributed by atoms with Crippen molar-refractivity contribution in [3.63, 3.8) is 0 Å². The van der Waals surface area contributed by atoms with Crippen molar-refractivity contribution in [2.75, 3.05) is 39.4 Å². The maximum Gasteiger partial charge on any atom is 0.407 e. The monoisotopic (exact) mass is 854 g/mol. The highest BCUT2D eigenvalue weighted by Crippen LogP contribution is 2.44. The van der Waals surface area contributed by atoms with Crippen molar-refractivity contribution >= 4 is 46.2 Å². The van der Waals surface area contributed by atoms with Gasteiger partial charge in [0.2, 0.25) is 11.8 Å². The van der Waals surface area contributed by atoms with Gasteiger partial charge >= 0.3 is 6.09 Å². The normalized spacial score (nSPS) is 17.4. The van der Waals surface area contributed by atoms with Crippen LogP contribution in [0.4, 0.5) is 4.79 Å². The van der Waals surface area contributed by atoms with Crippen molar-refractivity contribution in [2.24, 2.45) is 10.4 Å². The number of fused-ring (bicyclic) bond motifs is 4. The number of benzene rings is 3. The Labute approximate surface area is 364 Å². The summed E-state index contributed by atoms with van der Waals surface area (Å²) in [6.45, 7) is 5.71. The zero-order valence-corrected chi connectivity index (χ0v) is 35.5. The molecule has 2 heterocycles. The van der Waals surface area contributed by atoms with Crippen molar-refractivity contribution in [1.29, 1.82) is 5.26 Å². The molecular weight excluding hydrogens is 805 g/mol. The van der Waals surface area contributed by atoms with Gasteiger partial charge in [-0.25, -0.2) is 14.8 Å². The Morgan fingerprint density at radius 3 is 2.46 bits per heavy atom. The zero-order valence-electron chi connectivity index (χ0n) is 35.5. The number of ketones is 1. The summed E-state index contributed by atoms with van der Waals surface area (Å²) < 4.78 is 11.7. The van der Waals surface area contributed by atoms with Gasteiger partial charge in [0.15, 0.2) is 5.78 Å². The Morgan fingerprint density at radius 2 is 1.75 bits per heavy atom. The predicted molar refractivity (Wildman–Crippen MR) is 233 cm³/mol. The standard InChI is InChI=1S/C47H50N8O8/c1-28(42-39(56)21-47(2,3)22-40(42)57)50-24-38(54-46(61)63-26-36-33-13-6-4-11-31(33)32-12-5-7-14-34(32)36)44(59)49-17-9-19-62-30-15-16-37-35(20-30)43(53-27-52-37)45(60)51-25-41(58)55-18-8-10-29(55)23-48/h4-7,11-16,20,27,29,36,38,56H,8-10,17-19,21-22,24-26H2,1-3H3,(H,49,59)(H,51,60)(H,54,61)/t29-,38+/m0/s1. The second-order valence-electron chi connectivity index (χ2n) is 16.7. The lowest BCUT2D eigenvalue weighted by molar-refractivity contribution is -0.130. The first-order valence-corrected chi connectivity index (χ1v) is 21.0. The highest BCUT2D eigenvalue weighted by atomic mass is 16.5. The molecule has 63 heavy (non-hydrogen) atoms. The van der Waals surface area contributed by atoms with Gasteiger partial charge in [-0.2, -0.15) is 5.26 Å². The number of likely N-dealkylation sites (tertiary alicyclic amines) is 1. The van der Waals surface area contributed by atoms with Gasteiger partial charge in [-0.05, 0) is 72.1 Å². The number of ether oxygens (including phenoxy) is 2. The van der Waals surface area contributed by atoms with Crippen molar-refractivity contribution in [2.45, 2.75) is 70.9 Å². The summed E-state index contributed by atoms with van der Waals surface area (Å²) in [5, 5.41) is 28.6.